The predicted octanol–water partition coefficient (Wildman–Crippen LogP) is 1.86. The molecule has 0 atom stereocenters. The van der Waals surface area contributed by atoms with Crippen LogP contribution in [0.2, 0.25) is 0 Å². The summed E-state index contributed by atoms with van der Waals surface area (Å²) in [5, 5.41) is 3.87. The van der Waals surface area contributed by atoms with E-state index >= 15 is 0 Å². The number of halogens is 3. The van der Waals surface area contributed by atoms with Gasteiger partial charge in [-0.2, -0.15) is 18.2 Å². The average molecular weight is 355 g/mol. The predicted molar refractivity (Wildman–Crippen MR) is 84.2 cm³/mol. The SMILES string of the molecule is NCc1nc(CN2CCN(Cc3cccc(C(F)(F)F)c3)CC2)no1. The molecule has 9 heteroatoms. The summed E-state index contributed by atoms with van der Waals surface area (Å²) < 4.78 is 43.3. The van der Waals surface area contributed by atoms with Crippen LogP contribution in [0.15, 0.2) is 28.8 Å². The fourth-order valence-electron chi connectivity index (χ4n) is 2.85. The zero-order valence-corrected chi connectivity index (χ0v) is 13.7. The maximum absolute atomic E-state index is 12.8. The lowest BCUT2D eigenvalue weighted by Gasteiger charge is -2.34. The maximum Gasteiger partial charge on any atom is 0.416 e. The minimum absolute atomic E-state index is 0.220. The largest absolute Gasteiger partial charge is 0.416 e. The number of benzene rings is 1. The number of nitrogens with two attached hydrogens (primary N) is 1. The van der Waals surface area contributed by atoms with Gasteiger partial charge in [-0.15, -0.1) is 0 Å². The molecule has 3 rings (SSSR count). The van der Waals surface area contributed by atoms with Crippen molar-refractivity contribution in [3.8, 4) is 0 Å². The number of hydrogen-bond donors (Lipinski definition) is 1. The van der Waals surface area contributed by atoms with E-state index in [4.69, 9.17) is 10.3 Å². The van der Waals surface area contributed by atoms with Crippen LogP contribution in [-0.2, 0) is 25.8 Å². The molecule has 1 aliphatic rings. The molecule has 0 amide bonds. The number of rotatable bonds is 5. The third-order valence-electron chi connectivity index (χ3n) is 4.18. The highest BCUT2D eigenvalue weighted by Gasteiger charge is 2.30. The minimum atomic E-state index is -4.30. The lowest BCUT2D eigenvalue weighted by molar-refractivity contribution is -0.137. The van der Waals surface area contributed by atoms with E-state index in [1.807, 2.05) is 0 Å². The number of hydrogen-bond acceptors (Lipinski definition) is 6. The fourth-order valence-corrected chi connectivity index (χ4v) is 2.85. The first kappa shape index (κ1) is 17.8. The van der Waals surface area contributed by atoms with Gasteiger partial charge in [-0.1, -0.05) is 23.4 Å². The molecule has 2 N–H and O–H groups in total. The lowest BCUT2D eigenvalue weighted by atomic mass is 10.1. The summed E-state index contributed by atoms with van der Waals surface area (Å²) >= 11 is 0. The molecule has 0 spiro atoms. The van der Waals surface area contributed by atoms with Gasteiger partial charge in [0, 0.05) is 32.7 Å². The molecular weight excluding hydrogens is 335 g/mol. The molecule has 25 heavy (non-hydrogen) atoms. The van der Waals surface area contributed by atoms with E-state index in [2.05, 4.69) is 19.9 Å². The third-order valence-corrected chi connectivity index (χ3v) is 4.18. The Kier molecular flexibility index (Phi) is 5.36. The summed E-state index contributed by atoms with van der Waals surface area (Å²) in [7, 11) is 0. The number of alkyl halides is 3. The molecule has 136 valence electrons. The molecule has 2 heterocycles. The molecule has 0 saturated carbocycles. The molecule has 0 radical (unpaired) electrons. The first-order valence-electron chi connectivity index (χ1n) is 8.06. The van der Waals surface area contributed by atoms with Crippen LogP contribution in [0.5, 0.6) is 0 Å². The van der Waals surface area contributed by atoms with E-state index in [1.165, 1.54) is 12.1 Å². The Bertz CT molecular complexity index is 695. The third kappa shape index (κ3) is 4.77. The molecule has 6 nitrogen and oxygen atoms in total. The first-order chi connectivity index (χ1) is 11.9. The van der Waals surface area contributed by atoms with Crippen molar-refractivity contribution in [1.29, 1.82) is 0 Å². The van der Waals surface area contributed by atoms with Gasteiger partial charge in [-0.05, 0) is 11.6 Å². The van der Waals surface area contributed by atoms with Gasteiger partial charge in [0.1, 0.15) is 0 Å². The van der Waals surface area contributed by atoms with Crippen LogP contribution in [-0.4, -0.2) is 46.1 Å². The van der Waals surface area contributed by atoms with E-state index in [-0.39, 0.29) is 6.54 Å². The van der Waals surface area contributed by atoms with Gasteiger partial charge >= 0.3 is 6.18 Å². The standard InChI is InChI=1S/C16H20F3N5O/c17-16(18,19)13-3-1-2-12(8-13)10-23-4-6-24(7-5-23)11-14-21-15(9-20)25-22-14/h1-3,8H,4-7,9-11,20H2. The van der Waals surface area contributed by atoms with Gasteiger partial charge in [-0.3, -0.25) is 9.80 Å². The maximum atomic E-state index is 12.8. The van der Waals surface area contributed by atoms with Crippen LogP contribution in [0.1, 0.15) is 22.8 Å². The highest BCUT2D eigenvalue weighted by Crippen LogP contribution is 2.29. The van der Waals surface area contributed by atoms with E-state index in [9.17, 15) is 13.2 Å². The summed E-state index contributed by atoms with van der Waals surface area (Å²) in [5.41, 5.74) is 5.51. The topological polar surface area (TPSA) is 71.4 Å². The first-order valence-corrected chi connectivity index (χ1v) is 8.06. The van der Waals surface area contributed by atoms with Crippen LogP contribution in [0.4, 0.5) is 13.2 Å². The Balaban J connectivity index is 1.51. The van der Waals surface area contributed by atoms with Crippen molar-refractivity contribution in [2.45, 2.75) is 25.8 Å². The lowest BCUT2D eigenvalue weighted by Crippen LogP contribution is -2.45. The zero-order chi connectivity index (χ0) is 17.9. The highest BCUT2D eigenvalue weighted by atomic mass is 19.4. The molecule has 0 aliphatic carbocycles. The van der Waals surface area contributed by atoms with Crippen LogP contribution in [0.25, 0.3) is 0 Å². The van der Waals surface area contributed by atoms with Crippen LogP contribution < -0.4 is 5.73 Å². The molecule has 1 aliphatic heterocycles. The van der Waals surface area contributed by atoms with Gasteiger partial charge in [0.2, 0.25) is 5.89 Å². The quantitative estimate of drug-likeness (QED) is 0.883. The summed E-state index contributed by atoms with van der Waals surface area (Å²) in [6, 6.07) is 5.51. The Morgan fingerprint density at radius 2 is 1.76 bits per heavy atom. The van der Waals surface area contributed by atoms with Crippen molar-refractivity contribution in [3.05, 3.63) is 47.1 Å². The minimum Gasteiger partial charge on any atom is -0.338 e. The summed E-state index contributed by atoms with van der Waals surface area (Å²) in [6.45, 7) is 4.46. The molecule has 0 unspecified atom stereocenters. The summed E-state index contributed by atoms with van der Waals surface area (Å²) in [4.78, 5) is 8.51. The highest BCUT2D eigenvalue weighted by molar-refractivity contribution is 5.25. The monoisotopic (exact) mass is 355 g/mol. The summed E-state index contributed by atoms with van der Waals surface area (Å²) in [6.07, 6.45) is -4.30. The van der Waals surface area contributed by atoms with E-state index in [1.54, 1.807) is 6.07 Å². The van der Waals surface area contributed by atoms with Crippen molar-refractivity contribution in [3.63, 3.8) is 0 Å². The van der Waals surface area contributed by atoms with Gasteiger partial charge < -0.3 is 10.3 Å². The van der Waals surface area contributed by atoms with Gasteiger partial charge in [0.15, 0.2) is 5.82 Å². The number of aromatic nitrogens is 2. The number of piperazine rings is 1. The second-order valence-corrected chi connectivity index (χ2v) is 6.06. The molecular formula is C16H20F3N5O. The Morgan fingerprint density at radius 3 is 2.36 bits per heavy atom. The normalized spacial score (nSPS) is 17.1. The smallest absolute Gasteiger partial charge is 0.338 e. The Hall–Kier alpha value is -1.97. The van der Waals surface area contributed by atoms with E-state index in [0.717, 1.165) is 32.2 Å². The Labute approximate surface area is 143 Å². The molecule has 1 aromatic carbocycles. The van der Waals surface area contributed by atoms with E-state index in [0.29, 0.717) is 30.4 Å². The molecule has 1 fully saturated rings. The van der Waals surface area contributed by atoms with Crippen LogP contribution in [0.3, 0.4) is 0 Å². The second-order valence-electron chi connectivity index (χ2n) is 6.06. The van der Waals surface area contributed by atoms with E-state index < -0.39 is 11.7 Å². The Morgan fingerprint density at radius 1 is 1.08 bits per heavy atom. The molecule has 0 bridgehead atoms. The van der Waals surface area contributed by atoms with Crippen molar-refractivity contribution in [1.82, 2.24) is 19.9 Å². The fraction of sp³-hybridized carbons (Fsp3) is 0.500. The van der Waals surface area contributed by atoms with Crippen molar-refractivity contribution in [2.75, 3.05) is 26.2 Å². The van der Waals surface area contributed by atoms with Gasteiger partial charge in [0.05, 0.1) is 18.7 Å². The van der Waals surface area contributed by atoms with Gasteiger partial charge in [0.25, 0.3) is 0 Å². The molecule has 1 saturated heterocycles. The van der Waals surface area contributed by atoms with Crippen LogP contribution >= 0.6 is 0 Å². The summed E-state index contributed by atoms with van der Waals surface area (Å²) in [5.74, 6) is 1.02. The van der Waals surface area contributed by atoms with Crippen molar-refractivity contribution in [2.24, 2.45) is 5.73 Å². The van der Waals surface area contributed by atoms with Gasteiger partial charge in [-0.25, -0.2) is 0 Å². The number of nitrogens with zero attached hydrogens (tertiary/aromatic N) is 4. The average Bonchev–Trinajstić information content (AvgIpc) is 3.04. The van der Waals surface area contributed by atoms with Crippen molar-refractivity contribution < 1.29 is 17.7 Å². The molecule has 2 aromatic rings. The van der Waals surface area contributed by atoms with Crippen molar-refractivity contribution >= 4 is 0 Å². The second kappa shape index (κ2) is 7.51. The molecule has 1 aromatic heterocycles. The van der Waals surface area contributed by atoms with Crippen LogP contribution in [0, 0.1) is 0 Å². The zero-order valence-electron chi connectivity index (χ0n) is 13.7.